The summed E-state index contributed by atoms with van der Waals surface area (Å²) in [6.07, 6.45) is 1.17. The molecule has 0 aliphatic carbocycles. The van der Waals surface area contributed by atoms with E-state index in [9.17, 15) is 4.79 Å². The third-order valence-electron chi connectivity index (χ3n) is 3.10. The molecule has 1 atom stereocenters. The lowest BCUT2D eigenvalue weighted by molar-refractivity contribution is -0.137. The molecule has 0 saturated carbocycles. The molecule has 100 valence electrons. The first-order valence-electron chi connectivity index (χ1n) is 6.23. The van der Waals surface area contributed by atoms with Gasteiger partial charge >= 0.3 is 5.97 Å². The second-order valence-corrected chi connectivity index (χ2v) is 4.94. The fraction of sp³-hybridized carbons (Fsp3) is 0.500. The second-order valence-electron chi connectivity index (χ2n) is 4.50. The van der Waals surface area contributed by atoms with E-state index in [-0.39, 0.29) is 6.42 Å². The van der Waals surface area contributed by atoms with Crippen LogP contribution in [0, 0.1) is 0 Å². The third kappa shape index (κ3) is 5.07. The first-order valence-corrected chi connectivity index (χ1v) is 6.61. The van der Waals surface area contributed by atoms with Crippen LogP contribution in [0.2, 0.25) is 5.02 Å². The van der Waals surface area contributed by atoms with E-state index in [1.165, 1.54) is 0 Å². The van der Waals surface area contributed by atoms with Crippen molar-refractivity contribution in [2.45, 2.75) is 39.3 Å². The third-order valence-corrected chi connectivity index (χ3v) is 3.34. The molecule has 0 bridgehead atoms. The van der Waals surface area contributed by atoms with E-state index < -0.39 is 5.97 Å². The van der Waals surface area contributed by atoms with Crippen molar-refractivity contribution in [3.63, 3.8) is 0 Å². The van der Waals surface area contributed by atoms with Crippen LogP contribution in [0.1, 0.15) is 32.3 Å². The van der Waals surface area contributed by atoms with E-state index in [4.69, 9.17) is 16.7 Å². The van der Waals surface area contributed by atoms with Gasteiger partial charge in [-0.15, -0.1) is 0 Å². The average Bonchev–Trinajstić information content (AvgIpc) is 2.33. The van der Waals surface area contributed by atoms with Crippen LogP contribution in [0.5, 0.6) is 0 Å². The summed E-state index contributed by atoms with van der Waals surface area (Å²) >= 11 is 5.96. The lowest BCUT2D eigenvalue weighted by Gasteiger charge is -2.28. The first kappa shape index (κ1) is 15.0. The summed E-state index contributed by atoms with van der Waals surface area (Å²) in [4.78, 5) is 12.9. The number of halogens is 1. The maximum atomic E-state index is 10.7. The highest BCUT2D eigenvalue weighted by Crippen LogP contribution is 2.15. The Morgan fingerprint density at radius 3 is 2.78 bits per heavy atom. The van der Waals surface area contributed by atoms with Crippen LogP contribution in [0.4, 0.5) is 0 Å². The molecule has 1 N–H and O–H groups in total. The number of hydrogen-bond donors (Lipinski definition) is 1. The molecule has 0 saturated heterocycles. The fourth-order valence-corrected chi connectivity index (χ4v) is 2.04. The minimum Gasteiger partial charge on any atom is -0.481 e. The second kappa shape index (κ2) is 7.39. The smallest absolute Gasteiger partial charge is 0.304 e. The Kier molecular flexibility index (Phi) is 6.16. The number of rotatable bonds is 7. The molecular formula is C14H20ClNO2. The number of hydrogen-bond acceptors (Lipinski definition) is 2. The monoisotopic (exact) mass is 269 g/mol. The number of carbonyl (C=O) groups is 1. The normalized spacial score (nSPS) is 12.7. The molecular weight excluding hydrogens is 250 g/mol. The number of benzene rings is 1. The zero-order valence-electron chi connectivity index (χ0n) is 10.9. The van der Waals surface area contributed by atoms with E-state index in [1.54, 1.807) is 0 Å². The number of aliphatic carboxylic acids is 1. The molecule has 0 aliphatic rings. The largest absolute Gasteiger partial charge is 0.481 e. The van der Waals surface area contributed by atoms with Crippen LogP contribution >= 0.6 is 11.6 Å². The minimum absolute atomic E-state index is 0.172. The summed E-state index contributed by atoms with van der Waals surface area (Å²) in [6, 6.07) is 8.07. The van der Waals surface area contributed by atoms with Gasteiger partial charge in [-0.3, -0.25) is 9.69 Å². The van der Waals surface area contributed by atoms with Gasteiger partial charge in [0.05, 0.1) is 6.42 Å². The zero-order valence-corrected chi connectivity index (χ0v) is 11.7. The lowest BCUT2D eigenvalue weighted by atomic mass is 10.1. The maximum absolute atomic E-state index is 10.7. The number of carboxylic acid groups (broad SMARTS) is 1. The summed E-state index contributed by atoms with van der Waals surface area (Å²) < 4.78 is 0. The molecule has 4 heteroatoms. The van der Waals surface area contributed by atoms with Crippen molar-refractivity contribution in [2.75, 3.05) is 6.54 Å². The number of nitrogens with zero attached hydrogens (tertiary/aromatic N) is 1. The average molecular weight is 270 g/mol. The SMILES string of the molecule is CCC(C)N(CCC(=O)O)Cc1cccc(Cl)c1. The molecule has 1 aromatic rings. The van der Waals surface area contributed by atoms with Crippen LogP contribution in [-0.4, -0.2) is 28.6 Å². The predicted octanol–water partition coefficient (Wildman–Crippen LogP) is 3.42. The minimum atomic E-state index is -0.755. The van der Waals surface area contributed by atoms with Gasteiger partial charge < -0.3 is 5.11 Å². The van der Waals surface area contributed by atoms with Gasteiger partial charge in [0.15, 0.2) is 0 Å². The Morgan fingerprint density at radius 2 is 2.22 bits per heavy atom. The molecule has 1 aromatic carbocycles. The molecule has 0 amide bonds. The Labute approximate surface area is 113 Å². The van der Waals surface area contributed by atoms with Gasteiger partial charge in [0.2, 0.25) is 0 Å². The van der Waals surface area contributed by atoms with Crippen LogP contribution < -0.4 is 0 Å². The summed E-state index contributed by atoms with van der Waals surface area (Å²) in [6.45, 7) is 5.53. The molecule has 1 unspecified atom stereocenters. The van der Waals surface area contributed by atoms with Crippen molar-refractivity contribution >= 4 is 17.6 Å². The summed E-state index contributed by atoms with van der Waals surface area (Å²) in [5.74, 6) is -0.755. The first-order chi connectivity index (χ1) is 8.52. The molecule has 0 aromatic heterocycles. The molecule has 0 fully saturated rings. The fourth-order valence-electron chi connectivity index (χ4n) is 1.82. The summed E-state index contributed by atoms with van der Waals surface area (Å²) in [5.41, 5.74) is 1.12. The van der Waals surface area contributed by atoms with Gasteiger partial charge in [-0.25, -0.2) is 0 Å². The predicted molar refractivity (Wildman–Crippen MR) is 73.9 cm³/mol. The van der Waals surface area contributed by atoms with Gasteiger partial charge in [-0.05, 0) is 31.0 Å². The number of carboxylic acids is 1. The summed E-state index contributed by atoms with van der Waals surface area (Å²) in [7, 11) is 0. The highest BCUT2D eigenvalue weighted by atomic mass is 35.5. The highest BCUT2D eigenvalue weighted by molar-refractivity contribution is 6.30. The molecule has 0 spiro atoms. The van der Waals surface area contributed by atoms with Crippen LogP contribution in [0.15, 0.2) is 24.3 Å². The van der Waals surface area contributed by atoms with Crippen molar-refractivity contribution in [1.29, 1.82) is 0 Å². The quantitative estimate of drug-likeness (QED) is 0.825. The van der Waals surface area contributed by atoms with E-state index in [2.05, 4.69) is 18.7 Å². The van der Waals surface area contributed by atoms with E-state index >= 15 is 0 Å². The zero-order chi connectivity index (χ0) is 13.5. The highest BCUT2D eigenvalue weighted by Gasteiger charge is 2.14. The van der Waals surface area contributed by atoms with Crippen molar-refractivity contribution in [3.05, 3.63) is 34.9 Å². The molecule has 0 radical (unpaired) electrons. The van der Waals surface area contributed by atoms with Crippen molar-refractivity contribution < 1.29 is 9.90 Å². The van der Waals surface area contributed by atoms with Crippen molar-refractivity contribution in [1.82, 2.24) is 4.90 Å². The summed E-state index contributed by atoms with van der Waals surface area (Å²) in [5, 5.41) is 9.50. The molecule has 3 nitrogen and oxygen atoms in total. The van der Waals surface area contributed by atoms with Gasteiger partial charge in [0.1, 0.15) is 0 Å². The molecule has 1 rings (SSSR count). The Hall–Kier alpha value is -1.06. The van der Waals surface area contributed by atoms with E-state index in [1.807, 2.05) is 24.3 Å². The molecule has 0 heterocycles. The van der Waals surface area contributed by atoms with Gasteiger partial charge in [0.25, 0.3) is 0 Å². The lowest BCUT2D eigenvalue weighted by Crippen LogP contribution is -2.34. The maximum Gasteiger partial charge on any atom is 0.304 e. The van der Waals surface area contributed by atoms with Crippen molar-refractivity contribution in [3.8, 4) is 0 Å². The van der Waals surface area contributed by atoms with E-state index in [0.29, 0.717) is 12.6 Å². The van der Waals surface area contributed by atoms with Gasteiger partial charge in [-0.2, -0.15) is 0 Å². The van der Waals surface area contributed by atoms with Gasteiger partial charge in [0, 0.05) is 24.2 Å². The van der Waals surface area contributed by atoms with Crippen molar-refractivity contribution in [2.24, 2.45) is 0 Å². The molecule has 0 aliphatic heterocycles. The Bertz CT molecular complexity index is 395. The Morgan fingerprint density at radius 1 is 1.50 bits per heavy atom. The van der Waals surface area contributed by atoms with Gasteiger partial charge in [-0.1, -0.05) is 30.7 Å². The topological polar surface area (TPSA) is 40.5 Å². The van der Waals surface area contributed by atoms with Crippen LogP contribution in [0.3, 0.4) is 0 Å². The van der Waals surface area contributed by atoms with Crippen LogP contribution in [-0.2, 0) is 11.3 Å². The standard InChI is InChI=1S/C14H20ClNO2/c1-3-11(2)16(8-7-14(17)18)10-12-5-4-6-13(15)9-12/h4-6,9,11H,3,7-8,10H2,1-2H3,(H,17,18). The molecule has 18 heavy (non-hydrogen) atoms. The Balaban J connectivity index is 2.68. The van der Waals surface area contributed by atoms with Crippen LogP contribution in [0.25, 0.3) is 0 Å². The van der Waals surface area contributed by atoms with E-state index in [0.717, 1.165) is 23.6 Å².